The van der Waals surface area contributed by atoms with Crippen molar-refractivity contribution in [1.82, 2.24) is 4.40 Å². The van der Waals surface area contributed by atoms with Crippen LogP contribution in [0.1, 0.15) is 0 Å². The smallest absolute Gasteiger partial charge is 0.0536 e. The van der Waals surface area contributed by atoms with Gasteiger partial charge in [-0.2, -0.15) is 0 Å². The Labute approximate surface area is 121 Å². The van der Waals surface area contributed by atoms with Crippen LogP contribution in [0.25, 0.3) is 27.1 Å². The van der Waals surface area contributed by atoms with Gasteiger partial charge in [0.25, 0.3) is 0 Å². The average Bonchev–Trinajstić information content (AvgIpc) is 3.18. The van der Waals surface area contributed by atoms with Gasteiger partial charge in [-0.3, -0.25) is 0 Å². The third kappa shape index (κ3) is 1.86. The molecule has 2 heteroatoms. The molecule has 0 atom stereocenters. The fraction of sp³-hybridized carbons (Fsp3) is 0. The minimum absolute atomic E-state index is 1.25. The Bertz CT molecular complexity index is 842. The Balaban J connectivity index is 2.01. The number of aromatic nitrogens is 1. The molecule has 3 heterocycles. The fourth-order valence-corrected chi connectivity index (χ4v) is 3.32. The van der Waals surface area contributed by atoms with Crippen molar-refractivity contribution in [2.24, 2.45) is 0 Å². The molecule has 0 aliphatic heterocycles. The molecule has 1 nitrogen and oxygen atoms in total. The van der Waals surface area contributed by atoms with E-state index >= 15 is 0 Å². The molecule has 0 spiro atoms. The lowest BCUT2D eigenvalue weighted by Crippen LogP contribution is -1.88. The van der Waals surface area contributed by atoms with Crippen molar-refractivity contribution in [2.75, 3.05) is 0 Å². The van der Waals surface area contributed by atoms with Crippen LogP contribution in [0.4, 0.5) is 0 Å². The first-order chi connectivity index (χ1) is 9.92. The van der Waals surface area contributed by atoms with E-state index in [1.165, 1.54) is 27.1 Å². The largest absolute Gasteiger partial charge is 0.323 e. The maximum absolute atomic E-state index is 2.29. The van der Waals surface area contributed by atoms with E-state index in [-0.39, 0.29) is 0 Å². The molecule has 0 fully saturated rings. The molecule has 4 aromatic rings. The normalized spacial score (nSPS) is 11.0. The topological polar surface area (TPSA) is 4.41 Å². The van der Waals surface area contributed by atoms with Gasteiger partial charge in [0.15, 0.2) is 0 Å². The Morgan fingerprint density at radius 3 is 2.50 bits per heavy atom. The Morgan fingerprint density at radius 2 is 1.70 bits per heavy atom. The molecule has 0 aliphatic carbocycles. The summed E-state index contributed by atoms with van der Waals surface area (Å²) < 4.78 is 2.21. The first kappa shape index (κ1) is 11.5. The summed E-state index contributed by atoms with van der Waals surface area (Å²) in [5, 5.41) is 2.13. The van der Waals surface area contributed by atoms with Crippen molar-refractivity contribution in [3.05, 3.63) is 78.4 Å². The predicted octanol–water partition coefficient (Wildman–Crippen LogP) is 5.33. The Morgan fingerprint density at radius 1 is 0.800 bits per heavy atom. The summed E-state index contributed by atoms with van der Waals surface area (Å²) in [6.45, 7) is 0. The zero-order chi connectivity index (χ0) is 13.4. The van der Waals surface area contributed by atoms with Crippen molar-refractivity contribution in [2.45, 2.75) is 0 Å². The van der Waals surface area contributed by atoms with Gasteiger partial charge in [0.05, 0.1) is 5.52 Å². The van der Waals surface area contributed by atoms with Gasteiger partial charge in [0.1, 0.15) is 0 Å². The van der Waals surface area contributed by atoms with Crippen LogP contribution in [-0.2, 0) is 0 Å². The van der Waals surface area contributed by atoms with Gasteiger partial charge in [-0.15, -0.1) is 11.3 Å². The SMILES string of the molecule is c1ccc(-c2cc(-c3cccs3)c3cccn3c2)cc1. The molecule has 0 aliphatic rings. The number of fused-ring (bicyclic) bond motifs is 1. The number of nitrogens with zero attached hydrogens (tertiary/aromatic N) is 1. The monoisotopic (exact) mass is 275 g/mol. The summed E-state index contributed by atoms with van der Waals surface area (Å²) in [7, 11) is 0. The third-order valence-electron chi connectivity index (χ3n) is 3.53. The fourth-order valence-electron chi connectivity index (χ4n) is 2.57. The predicted molar refractivity (Wildman–Crippen MR) is 86.1 cm³/mol. The third-order valence-corrected chi connectivity index (χ3v) is 4.43. The molecule has 0 radical (unpaired) electrons. The van der Waals surface area contributed by atoms with E-state index < -0.39 is 0 Å². The van der Waals surface area contributed by atoms with Crippen LogP contribution in [0.3, 0.4) is 0 Å². The molecule has 0 amide bonds. The highest BCUT2D eigenvalue weighted by molar-refractivity contribution is 7.13. The number of hydrogen-bond donors (Lipinski definition) is 0. The Hall–Kier alpha value is -2.32. The minimum atomic E-state index is 1.25. The number of rotatable bonds is 2. The molecule has 96 valence electrons. The zero-order valence-corrected chi connectivity index (χ0v) is 11.7. The highest BCUT2D eigenvalue weighted by Crippen LogP contribution is 2.33. The van der Waals surface area contributed by atoms with Crippen molar-refractivity contribution in [3.63, 3.8) is 0 Å². The molecule has 1 aromatic carbocycles. The van der Waals surface area contributed by atoms with E-state index in [4.69, 9.17) is 0 Å². The van der Waals surface area contributed by atoms with Crippen molar-refractivity contribution < 1.29 is 0 Å². The van der Waals surface area contributed by atoms with Gasteiger partial charge in [-0.05, 0) is 40.8 Å². The van der Waals surface area contributed by atoms with Gasteiger partial charge in [0.2, 0.25) is 0 Å². The van der Waals surface area contributed by atoms with Gasteiger partial charge in [-0.1, -0.05) is 36.4 Å². The highest BCUT2D eigenvalue weighted by atomic mass is 32.1. The van der Waals surface area contributed by atoms with E-state index in [0.717, 1.165) is 0 Å². The maximum Gasteiger partial charge on any atom is 0.0536 e. The van der Waals surface area contributed by atoms with E-state index in [1.807, 2.05) is 0 Å². The molecule has 0 saturated heterocycles. The molecule has 0 bridgehead atoms. The zero-order valence-electron chi connectivity index (χ0n) is 10.9. The van der Waals surface area contributed by atoms with Crippen LogP contribution >= 0.6 is 11.3 Å². The number of hydrogen-bond acceptors (Lipinski definition) is 1. The first-order valence-electron chi connectivity index (χ1n) is 6.62. The number of pyridine rings is 1. The standard InChI is InChI=1S/C18H13NS/c1-2-6-14(7-3-1)15-12-16(18-9-5-11-20-18)17-8-4-10-19(17)13-15/h1-13H. The second-order valence-corrected chi connectivity index (χ2v) is 5.73. The summed E-state index contributed by atoms with van der Waals surface area (Å²) in [4.78, 5) is 1.31. The first-order valence-corrected chi connectivity index (χ1v) is 7.50. The van der Waals surface area contributed by atoms with Gasteiger partial charge in [-0.25, -0.2) is 0 Å². The molecule has 3 aromatic heterocycles. The van der Waals surface area contributed by atoms with Crippen LogP contribution in [0.2, 0.25) is 0 Å². The summed E-state index contributed by atoms with van der Waals surface area (Å²) in [5.74, 6) is 0. The van der Waals surface area contributed by atoms with Crippen LogP contribution in [-0.4, -0.2) is 4.40 Å². The molecule has 0 unspecified atom stereocenters. The molecule has 4 rings (SSSR count). The average molecular weight is 275 g/mol. The van der Waals surface area contributed by atoms with Crippen LogP contribution in [0, 0.1) is 0 Å². The molecule has 0 saturated carbocycles. The summed E-state index contributed by atoms with van der Waals surface area (Å²) >= 11 is 1.78. The van der Waals surface area contributed by atoms with E-state index in [9.17, 15) is 0 Å². The van der Waals surface area contributed by atoms with Crippen LogP contribution in [0.15, 0.2) is 78.4 Å². The lowest BCUT2D eigenvalue weighted by molar-refractivity contribution is 1.20. The van der Waals surface area contributed by atoms with Crippen molar-refractivity contribution >= 4 is 16.9 Å². The van der Waals surface area contributed by atoms with Crippen molar-refractivity contribution in [3.8, 4) is 21.6 Å². The lowest BCUT2D eigenvalue weighted by Gasteiger charge is -2.08. The Kier molecular flexibility index (Phi) is 2.68. The van der Waals surface area contributed by atoms with Gasteiger partial charge < -0.3 is 4.40 Å². The van der Waals surface area contributed by atoms with E-state index in [0.29, 0.717) is 0 Å². The van der Waals surface area contributed by atoms with Gasteiger partial charge >= 0.3 is 0 Å². The van der Waals surface area contributed by atoms with E-state index in [1.54, 1.807) is 11.3 Å². The summed E-state index contributed by atoms with van der Waals surface area (Å²) in [5.41, 5.74) is 5.05. The quantitative estimate of drug-likeness (QED) is 0.465. The van der Waals surface area contributed by atoms with Crippen molar-refractivity contribution in [1.29, 1.82) is 0 Å². The molecule has 0 N–H and O–H groups in total. The van der Waals surface area contributed by atoms with Crippen LogP contribution in [0.5, 0.6) is 0 Å². The second kappa shape index (κ2) is 4.66. The summed E-state index contributed by atoms with van der Waals surface area (Å²) in [6.07, 6.45) is 4.31. The molecule has 20 heavy (non-hydrogen) atoms. The molecular weight excluding hydrogens is 262 g/mol. The lowest BCUT2D eigenvalue weighted by atomic mass is 10.0. The molecular formula is C18H13NS. The maximum atomic E-state index is 2.29. The van der Waals surface area contributed by atoms with Crippen LogP contribution < -0.4 is 0 Å². The number of thiophene rings is 1. The highest BCUT2D eigenvalue weighted by Gasteiger charge is 2.08. The summed E-state index contributed by atoms with van der Waals surface area (Å²) in [6, 6.07) is 21.4. The minimum Gasteiger partial charge on any atom is -0.323 e. The van der Waals surface area contributed by atoms with E-state index in [2.05, 4.69) is 82.8 Å². The second-order valence-electron chi connectivity index (χ2n) is 4.79. The van der Waals surface area contributed by atoms with Gasteiger partial charge in [0, 0.05) is 22.8 Å². The number of benzene rings is 1.